The minimum absolute atomic E-state index is 0.129. The zero-order valence-electron chi connectivity index (χ0n) is 11.9. The van der Waals surface area contributed by atoms with Crippen LogP contribution in [0.25, 0.3) is 0 Å². The van der Waals surface area contributed by atoms with Gasteiger partial charge in [0.15, 0.2) is 0 Å². The highest BCUT2D eigenvalue weighted by molar-refractivity contribution is 7.10. The molecule has 0 aliphatic carbocycles. The van der Waals surface area contributed by atoms with Crippen molar-refractivity contribution in [2.45, 2.75) is 18.9 Å². The molecule has 1 aromatic heterocycles. The maximum absolute atomic E-state index is 13.7. The van der Waals surface area contributed by atoms with Gasteiger partial charge in [-0.25, -0.2) is 4.39 Å². The van der Waals surface area contributed by atoms with Gasteiger partial charge in [-0.05, 0) is 49.0 Å². The van der Waals surface area contributed by atoms with Crippen molar-refractivity contribution >= 4 is 34.5 Å². The average Bonchev–Trinajstić information content (AvgIpc) is 3.13. The number of nitrogens with zero attached hydrogens (tertiary/aromatic N) is 1. The molecule has 2 heterocycles. The van der Waals surface area contributed by atoms with Crippen LogP contribution in [0.4, 0.5) is 10.1 Å². The minimum atomic E-state index is -0.478. The Balaban J connectivity index is 1.65. The fraction of sp³-hybridized carbons (Fsp3) is 0.312. The highest BCUT2D eigenvalue weighted by atomic mass is 35.5. The SMILES string of the molecule is O=C(CN1CCC[C@H]1c1cccs1)Nc1cc(Cl)ccc1F. The van der Waals surface area contributed by atoms with Crippen LogP contribution in [-0.4, -0.2) is 23.9 Å². The molecule has 0 radical (unpaired) electrons. The molecule has 0 bridgehead atoms. The molecule has 6 heteroatoms. The Kier molecular flexibility index (Phi) is 4.76. The Bertz CT molecular complexity index is 662. The molecule has 3 rings (SSSR count). The van der Waals surface area contributed by atoms with E-state index < -0.39 is 5.82 Å². The first kappa shape index (κ1) is 15.5. The molecule has 1 N–H and O–H groups in total. The molecule has 1 atom stereocenters. The van der Waals surface area contributed by atoms with Crippen LogP contribution in [0.2, 0.25) is 5.02 Å². The van der Waals surface area contributed by atoms with Crippen LogP contribution in [0, 0.1) is 5.82 Å². The van der Waals surface area contributed by atoms with Crippen molar-refractivity contribution in [3.8, 4) is 0 Å². The van der Waals surface area contributed by atoms with E-state index >= 15 is 0 Å². The van der Waals surface area contributed by atoms with Gasteiger partial charge in [-0.15, -0.1) is 11.3 Å². The lowest BCUT2D eigenvalue weighted by molar-refractivity contribution is -0.117. The maximum atomic E-state index is 13.7. The van der Waals surface area contributed by atoms with Crippen LogP contribution in [0.5, 0.6) is 0 Å². The Morgan fingerprint density at radius 3 is 3.09 bits per heavy atom. The van der Waals surface area contributed by atoms with Crippen LogP contribution in [-0.2, 0) is 4.79 Å². The number of amides is 1. The van der Waals surface area contributed by atoms with E-state index in [-0.39, 0.29) is 24.2 Å². The molecule has 1 saturated heterocycles. The summed E-state index contributed by atoms with van der Waals surface area (Å²) in [7, 11) is 0. The van der Waals surface area contributed by atoms with E-state index in [1.807, 2.05) is 11.4 Å². The minimum Gasteiger partial charge on any atom is -0.322 e. The molecule has 0 spiro atoms. The molecular formula is C16H16ClFN2OS. The Morgan fingerprint density at radius 1 is 1.45 bits per heavy atom. The standard InChI is InChI=1S/C16H16ClFN2OS/c17-11-5-6-12(18)13(9-11)19-16(21)10-20-7-1-3-14(20)15-4-2-8-22-15/h2,4-6,8-9,14H,1,3,7,10H2,(H,19,21)/t14-/m0/s1. The maximum Gasteiger partial charge on any atom is 0.238 e. The van der Waals surface area contributed by atoms with Gasteiger partial charge in [0.1, 0.15) is 5.82 Å². The lowest BCUT2D eigenvalue weighted by atomic mass is 10.2. The molecule has 0 saturated carbocycles. The topological polar surface area (TPSA) is 32.3 Å². The lowest BCUT2D eigenvalue weighted by Gasteiger charge is -2.23. The number of carbonyl (C=O) groups excluding carboxylic acids is 1. The van der Waals surface area contributed by atoms with Gasteiger partial charge in [0.2, 0.25) is 5.91 Å². The summed E-state index contributed by atoms with van der Waals surface area (Å²) < 4.78 is 13.7. The van der Waals surface area contributed by atoms with Crippen molar-refractivity contribution in [3.05, 3.63) is 51.4 Å². The average molecular weight is 339 g/mol. The van der Waals surface area contributed by atoms with Gasteiger partial charge in [-0.2, -0.15) is 0 Å². The fourth-order valence-corrected chi connectivity index (χ4v) is 3.85. The van der Waals surface area contributed by atoms with E-state index in [1.165, 1.54) is 23.1 Å². The summed E-state index contributed by atoms with van der Waals surface area (Å²) in [5.74, 6) is -0.696. The molecule has 0 unspecified atom stereocenters. The van der Waals surface area contributed by atoms with E-state index in [0.29, 0.717) is 5.02 Å². The van der Waals surface area contributed by atoms with E-state index in [9.17, 15) is 9.18 Å². The summed E-state index contributed by atoms with van der Waals surface area (Å²) in [4.78, 5) is 15.6. The number of anilines is 1. The quantitative estimate of drug-likeness (QED) is 0.900. The van der Waals surface area contributed by atoms with E-state index in [4.69, 9.17) is 11.6 Å². The Labute approximate surface area is 137 Å². The number of carbonyl (C=O) groups is 1. The van der Waals surface area contributed by atoms with Crippen LogP contribution in [0.3, 0.4) is 0 Å². The largest absolute Gasteiger partial charge is 0.322 e. The molecule has 1 aliphatic heterocycles. The van der Waals surface area contributed by atoms with Crippen molar-refractivity contribution in [2.75, 3.05) is 18.4 Å². The summed E-state index contributed by atoms with van der Waals surface area (Å²) in [6.07, 6.45) is 2.13. The molecule has 1 fully saturated rings. The van der Waals surface area contributed by atoms with Gasteiger partial charge >= 0.3 is 0 Å². The summed E-state index contributed by atoms with van der Waals surface area (Å²) in [6.45, 7) is 1.14. The third-order valence-corrected chi connectivity index (χ3v) is 4.99. The monoisotopic (exact) mass is 338 g/mol. The number of likely N-dealkylation sites (tertiary alicyclic amines) is 1. The molecule has 3 nitrogen and oxygen atoms in total. The molecule has 1 aromatic carbocycles. The predicted molar refractivity (Wildman–Crippen MR) is 87.9 cm³/mol. The molecule has 116 valence electrons. The highest BCUT2D eigenvalue weighted by Crippen LogP contribution is 2.34. The zero-order valence-corrected chi connectivity index (χ0v) is 13.5. The fourth-order valence-electron chi connectivity index (χ4n) is 2.79. The number of rotatable bonds is 4. The number of benzene rings is 1. The summed E-state index contributed by atoms with van der Waals surface area (Å²) >= 11 is 7.54. The van der Waals surface area contributed by atoms with Gasteiger partial charge in [0.25, 0.3) is 0 Å². The van der Waals surface area contributed by atoms with Crippen molar-refractivity contribution in [3.63, 3.8) is 0 Å². The second kappa shape index (κ2) is 6.77. The summed E-state index contributed by atoms with van der Waals surface area (Å²) in [6, 6.07) is 8.55. The second-order valence-electron chi connectivity index (χ2n) is 5.32. The molecular weight excluding hydrogens is 323 g/mol. The van der Waals surface area contributed by atoms with E-state index in [0.717, 1.165) is 19.4 Å². The first-order valence-corrected chi connectivity index (χ1v) is 8.41. The van der Waals surface area contributed by atoms with Gasteiger partial charge in [-0.1, -0.05) is 17.7 Å². The van der Waals surface area contributed by atoms with E-state index in [2.05, 4.69) is 16.3 Å². The van der Waals surface area contributed by atoms with Gasteiger partial charge in [0.05, 0.1) is 12.2 Å². The van der Waals surface area contributed by atoms with Crippen LogP contribution >= 0.6 is 22.9 Å². The lowest BCUT2D eigenvalue weighted by Crippen LogP contribution is -2.32. The van der Waals surface area contributed by atoms with E-state index in [1.54, 1.807) is 11.3 Å². The number of thiophene rings is 1. The number of hydrogen-bond acceptors (Lipinski definition) is 3. The Morgan fingerprint density at radius 2 is 2.32 bits per heavy atom. The van der Waals surface area contributed by atoms with Gasteiger partial charge in [0, 0.05) is 15.9 Å². The van der Waals surface area contributed by atoms with Gasteiger partial charge < -0.3 is 5.32 Å². The van der Waals surface area contributed by atoms with Crippen LogP contribution < -0.4 is 5.32 Å². The zero-order chi connectivity index (χ0) is 15.5. The summed E-state index contributed by atoms with van der Waals surface area (Å²) in [5.41, 5.74) is 0.129. The third-order valence-electron chi connectivity index (χ3n) is 3.78. The van der Waals surface area contributed by atoms with Crippen molar-refractivity contribution in [2.24, 2.45) is 0 Å². The molecule has 2 aromatic rings. The smallest absolute Gasteiger partial charge is 0.238 e. The molecule has 1 amide bonds. The normalized spacial score (nSPS) is 18.5. The first-order valence-electron chi connectivity index (χ1n) is 7.16. The number of nitrogens with one attached hydrogen (secondary N) is 1. The van der Waals surface area contributed by atoms with Crippen LogP contribution in [0.1, 0.15) is 23.8 Å². The number of hydrogen-bond donors (Lipinski definition) is 1. The predicted octanol–water partition coefficient (Wildman–Crippen LogP) is 4.32. The number of halogens is 2. The van der Waals surface area contributed by atoms with Crippen molar-refractivity contribution in [1.82, 2.24) is 4.90 Å². The van der Waals surface area contributed by atoms with Crippen molar-refractivity contribution in [1.29, 1.82) is 0 Å². The molecule has 1 aliphatic rings. The highest BCUT2D eigenvalue weighted by Gasteiger charge is 2.28. The van der Waals surface area contributed by atoms with Crippen molar-refractivity contribution < 1.29 is 9.18 Å². The van der Waals surface area contributed by atoms with Gasteiger partial charge in [-0.3, -0.25) is 9.69 Å². The third kappa shape index (κ3) is 3.48. The second-order valence-corrected chi connectivity index (χ2v) is 6.73. The summed E-state index contributed by atoms with van der Waals surface area (Å²) in [5, 5.41) is 5.05. The first-order chi connectivity index (χ1) is 10.6. The molecule has 22 heavy (non-hydrogen) atoms. The van der Waals surface area contributed by atoms with Crippen LogP contribution in [0.15, 0.2) is 35.7 Å². The Hall–Kier alpha value is -1.43.